The highest BCUT2D eigenvalue weighted by Crippen LogP contribution is 2.28. The maximum Gasteiger partial charge on any atom is 0.269 e. The molecule has 0 heterocycles. The highest BCUT2D eigenvalue weighted by molar-refractivity contribution is 9.08. The van der Waals surface area contributed by atoms with Gasteiger partial charge in [-0.05, 0) is 31.4 Å². The monoisotopic (exact) mass is 336 g/mol. The summed E-state index contributed by atoms with van der Waals surface area (Å²) in [7, 11) is 1.61. The van der Waals surface area contributed by atoms with Crippen LogP contribution in [0.3, 0.4) is 0 Å². The number of halogens is 1. The van der Waals surface area contributed by atoms with Gasteiger partial charge in [-0.3, -0.25) is 9.80 Å². The van der Waals surface area contributed by atoms with E-state index in [1.54, 1.807) is 13.2 Å². The second kappa shape index (κ2) is 6.24. The molecule has 4 nitrogen and oxygen atoms in total. The molecular weight excluding hydrogens is 320 g/mol. The van der Waals surface area contributed by atoms with Gasteiger partial charge in [-0.15, -0.1) is 0 Å². The topological polar surface area (TPSA) is 41.6 Å². The first-order chi connectivity index (χ1) is 9.58. The molecule has 0 saturated heterocycles. The summed E-state index contributed by atoms with van der Waals surface area (Å²) in [4.78, 5) is 12.5. The zero-order valence-corrected chi connectivity index (χ0v) is 13.3. The summed E-state index contributed by atoms with van der Waals surface area (Å²) in [6, 6.07) is 11.5. The number of rotatable bonds is 4. The molecule has 1 amide bonds. The van der Waals surface area contributed by atoms with Gasteiger partial charge in [0.2, 0.25) is 0 Å². The van der Waals surface area contributed by atoms with Crippen LogP contribution in [0, 0.1) is 0 Å². The summed E-state index contributed by atoms with van der Waals surface area (Å²) in [5.41, 5.74) is 0.584. The number of carbonyl (C=O) groups is 1. The Bertz CT molecular complexity index is 628. The molecule has 106 valence electrons. The van der Waals surface area contributed by atoms with Crippen molar-refractivity contribution in [3.05, 3.63) is 42.0 Å². The van der Waals surface area contributed by atoms with Crippen molar-refractivity contribution >= 4 is 32.8 Å². The Morgan fingerprint density at radius 2 is 2.00 bits per heavy atom. The number of nitrogens with one attached hydrogen (secondary N) is 1. The molecule has 0 atom stereocenters. The summed E-state index contributed by atoms with van der Waals surface area (Å²) in [6.45, 7) is 3.87. The van der Waals surface area contributed by atoms with Crippen LogP contribution >= 0.6 is 16.1 Å². The molecule has 0 aliphatic rings. The molecule has 20 heavy (non-hydrogen) atoms. The number of fused-ring (bicyclic) bond motifs is 1. The fourth-order valence-electron chi connectivity index (χ4n) is 2.08. The molecule has 0 spiro atoms. The van der Waals surface area contributed by atoms with Gasteiger partial charge in [-0.2, -0.15) is 4.45 Å². The minimum atomic E-state index is -0.110. The molecule has 2 aromatic carbocycles. The molecule has 0 aliphatic carbocycles. The number of nitrogens with zero attached hydrogens (tertiary/aromatic N) is 1. The fraction of sp³-hybridized carbons (Fsp3) is 0.267. The number of ether oxygens (including phenoxy) is 1. The van der Waals surface area contributed by atoms with Gasteiger partial charge in [0.15, 0.2) is 0 Å². The minimum Gasteiger partial charge on any atom is -0.496 e. The van der Waals surface area contributed by atoms with Crippen LogP contribution < -0.4 is 9.19 Å². The van der Waals surface area contributed by atoms with Crippen LogP contribution in [0.1, 0.15) is 24.2 Å². The van der Waals surface area contributed by atoms with Crippen LogP contribution in [0.4, 0.5) is 0 Å². The van der Waals surface area contributed by atoms with Gasteiger partial charge < -0.3 is 4.74 Å². The first-order valence-electron chi connectivity index (χ1n) is 6.35. The van der Waals surface area contributed by atoms with Gasteiger partial charge in [0.05, 0.1) is 7.11 Å². The van der Waals surface area contributed by atoms with Crippen LogP contribution in [0.15, 0.2) is 36.4 Å². The zero-order valence-electron chi connectivity index (χ0n) is 11.7. The quantitative estimate of drug-likeness (QED) is 0.686. The SMILES string of the molecule is COc1cc(C(=O)N(NBr)C(C)C)cc2ccccc12. The summed E-state index contributed by atoms with van der Waals surface area (Å²) >= 11 is 3.12. The molecule has 0 aromatic heterocycles. The molecular formula is C15H17BrN2O2. The van der Waals surface area contributed by atoms with Crippen molar-refractivity contribution < 1.29 is 9.53 Å². The molecule has 2 rings (SSSR count). The third kappa shape index (κ3) is 2.78. The highest BCUT2D eigenvalue weighted by atomic mass is 79.9. The number of hydrogen-bond acceptors (Lipinski definition) is 3. The number of carbonyl (C=O) groups excluding carboxylic acids is 1. The van der Waals surface area contributed by atoms with Crippen LogP contribution in [0.25, 0.3) is 10.8 Å². The van der Waals surface area contributed by atoms with Crippen molar-refractivity contribution in [1.29, 1.82) is 0 Å². The Hall–Kier alpha value is -1.59. The second-order valence-corrected chi connectivity index (χ2v) is 5.11. The molecule has 1 N–H and O–H groups in total. The molecule has 0 radical (unpaired) electrons. The van der Waals surface area contributed by atoms with E-state index < -0.39 is 0 Å². The zero-order chi connectivity index (χ0) is 14.7. The lowest BCUT2D eigenvalue weighted by atomic mass is 10.0. The number of methoxy groups -OCH3 is 1. The Morgan fingerprint density at radius 3 is 2.60 bits per heavy atom. The van der Waals surface area contributed by atoms with Gasteiger partial charge >= 0.3 is 0 Å². The lowest BCUT2D eigenvalue weighted by Crippen LogP contribution is -2.42. The van der Waals surface area contributed by atoms with E-state index in [-0.39, 0.29) is 11.9 Å². The summed E-state index contributed by atoms with van der Waals surface area (Å²) in [5.74, 6) is 0.589. The normalized spacial score (nSPS) is 10.8. The van der Waals surface area contributed by atoms with E-state index in [2.05, 4.69) is 20.6 Å². The first-order valence-corrected chi connectivity index (χ1v) is 7.14. The predicted octanol–water partition coefficient (Wildman–Crippen LogP) is 3.51. The fourth-order valence-corrected chi connectivity index (χ4v) is 2.65. The number of benzene rings is 2. The van der Waals surface area contributed by atoms with Crippen LogP contribution in [0.2, 0.25) is 0 Å². The smallest absolute Gasteiger partial charge is 0.269 e. The summed E-state index contributed by atoms with van der Waals surface area (Å²) in [6.07, 6.45) is 0. The summed E-state index contributed by atoms with van der Waals surface area (Å²) in [5, 5.41) is 3.49. The number of amides is 1. The maximum absolute atomic E-state index is 12.5. The molecule has 0 fully saturated rings. The Labute approximate surface area is 127 Å². The van der Waals surface area contributed by atoms with Crippen LogP contribution in [0.5, 0.6) is 5.75 Å². The Morgan fingerprint density at radius 1 is 1.30 bits per heavy atom. The van der Waals surface area contributed by atoms with E-state index >= 15 is 0 Å². The molecule has 0 aliphatic heterocycles. The van der Waals surface area contributed by atoms with Gasteiger partial charge in [0.1, 0.15) is 5.75 Å². The van der Waals surface area contributed by atoms with E-state index in [9.17, 15) is 4.79 Å². The molecule has 5 heteroatoms. The lowest BCUT2D eigenvalue weighted by Gasteiger charge is -2.24. The van der Waals surface area contributed by atoms with Crippen molar-refractivity contribution in [2.45, 2.75) is 19.9 Å². The number of hydrogen-bond donors (Lipinski definition) is 1. The maximum atomic E-state index is 12.5. The van der Waals surface area contributed by atoms with E-state index in [0.29, 0.717) is 11.3 Å². The molecule has 0 saturated carbocycles. The van der Waals surface area contributed by atoms with Gasteiger partial charge in [0.25, 0.3) is 5.91 Å². The molecule has 2 aromatic rings. The first kappa shape index (κ1) is 14.8. The highest BCUT2D eigenvalue weighted by Gasteiger charge is 2.19. The van der Waals surface area contributed by atoms with Crippen molar-refractivity contribution in [3.8, 4) is 5.75 Å². The summed E-state index contributed by atoms with van der Waals surface area (Å²) < 4.78 is 8.13. The van der Waals surface area contributed by atoms with E-state index in [4.69, 9.17) is 4.74 Å². The Kier molecular flexibility index (Phi) is 4.62. The average Bonchev–Trinajstić information content (AvgIpc) is 2.46. The van der Waals surface area contributed by atoms with Crippen molar-refractivity contribution in [2.75, 3.05) is 7.11 Å². The van der Waals surface area contributed by atoms with Crippen molar-refractivity contribution in [2.24, 2.45) is 0 Å². The molecule has 0 unspecified atom stereocenters. The standard InChI is InChI=1S/C15H17BrN2O2/c1-10(2)18(17-16)15(19)12-8-11-6-4-5-7-13(11)14(9-12)20-3/h4-10,17H,1-3H3. The predicted molar refractivity (Wildman–Crippen MR) is 83.9 cm³/mol. The minimum absolute atomic E-state index is 0.0272. The van der Waals surface area contributed by atoms with E-state index in [1.807, 2.05) is 44.2 Å². The number of hydrazine groups is 1. The third-order valence-electron chi connectivity index (χ3n) is 3.12. The lowest BCUT2D eigenvalue weighted by molar-refractivity contribution is 0.0673. The average molecular weight is 337 g/mol. The van der Waals surface area contributed by atoms with Gasteiger partial charge in [0, 0.05) is 33.1 Å². The van der Waals surface area contributed by atoms with Gasteiger partial charge in [-0.25, -0.2) is 0 Å². The third-order valence-corrected chi connectivity index (χ3v) is 3.50. The van der Waals surface area contributed by atoms with Crippen LogP contribution in [-0.4, -0.2) is 24.1 Å². The van der Waals surface area contributed by atoms with Gasteiger partial charge in [-0.1, -0.05) is 24.3 Å². The van der Waals surface area contributed by atoms with Crippen molar-refractivity contribution in [1.82, 2.24) is 9.46 Å². The van der Waals surface area contributed by atoms with Crippen LogP contribution in [-0.2, 0) is 0 Å². The Balaban J connectivity index is 2.52. The van der Waals surface area contributed by atoms with E-state index in [1.165, 1.54) is 5.01 Å². The van der Waals surface area contributed by atoms with Crippen molar-refractivity contribution in [3.63, 3.8) is 0 Å². The largest absolute Gasteiger partial charge is 0.496 e. The second-order valence-electron chi connectivity index (χ2n) is 4.75. The molecule has 0 bridgehead atoms. The van der Waals surface area contributed by atoms with E-state index in [0.717, 1.165) is 10.8 Å².